The summed E-state index contributed by atoms with van der Waals surface area (Å²) in [4.78, 5) is 13.6. The Hall–Kier alpha value is -2.02. The van der Waals surface area contributed by atoms with Crippen LogP contribution in [0.4, 0.5) is 5.95 Å². The van der Waals surface area contributed by atoms with Crippen LogP contribution in [0.1, 0.15) is 62.7 Å². The van der Waals surface area contributed by atoms with Crippen LogP contribution in [0.25, 0.3) is 0 Å². The quantitative estimate of drug-likeness (QED) is 0.792. The average Bonchev–Trinajstić information content (AvgIpc) is 3.03. The van der Waals surface area contributed by atoms with Crippen LogP contribution in [-0.2, 0) is 13.1 Å². The largest absolute Gasteiger partial charge is 0.341 e. The van der Waals surface area contributed by atoms with Gasteiger partial charge in [-0.05, 0) is 45.3 Å². The van der Waals surface area contributed by atoms with E-state index in [0.717, 1.165) is 56.6 Å². The van der Waals surface area contributed by atoms with Gasteiger partial charge in [-0.15, -0.1) is 10.2 Å². The van der Waals surface area contributed by atoms with E-state index in [-0.39, 0.29) is 0 Å². The molecule has 0 aromatic carbocycles. The third-order valence-electron chi connectivity index (χ3n) is 5.10. The molecule has 1 saturated heterocycles. The Morgan fingerprint density at radius 1 is 1.12 bits per heavy atom. The van der Waals surface area contributed by atoms with E-state index < -0.39 is 0 Å². The van der Waals surface area contributed by atoms with E-state index in [1.807, 2.05) is 12.4 Å². The SMILES string of the molecule is CCn1c(CN(C)C)nnc1C1CCN(c2ncc(C(C)C)cn2)CC1. The summed E-state index contributed by atoms with van der Waals surface area (Å²) >= 11 is 0. The fourth-order valence-electron chi connectivity index (χ4n) is 3.53. The summed E-state index contributed by atoms with van der Waals surface area (Å²) in [5.74, 6) is 3.97. The highest BCUT2D eigenvalue weighted by Gasteiger charge is 2.27. The molecular formula is C19H31N7. The molecule has 1 fully saturated rings. The molecule has 2 aromatic heterocycles. The van der Waals surface area contributed by atoms with E-state index in [9.17, 15) is 0 Å². The molecule has 0 bridgehead atoms. The van der Waals surface area contributed by atoms with Crippen molar-refractivity contribution in [3.63, 3.8) is 0 Å². The molecule has 3 heterocycles. The second-order valence-corrected chi connectivity index (χ2v) is 7.69. The van der Waals surface area contributed by atoms with Crippen molar-refractivity contribution in [1.82, 2.24) is 29.6 Å². The van der Waals surface area contributed by atoms with Crippen molar-refractivity contribution in [2.24, 2.45) is 0 Å². The summed E-state index contributed by atoms with van der Waals surface area (Å²) in [5.41, 5.74) is 1.19. The van der Waals surface area contributed by atoms with Crippen molar-refractivity contribution in [1.29, 1.82) is 0 Å². The van der Waals surface area contributed by atoms with Crippen molar-refractivity contribution in [2.75, 3.05) is 32.1 Å². The van der Waals surface area contributed by atoms with Gasteiger partial charge in [-0.2, -0.15) is 0 Å². The summed E-state index contributed by atoms with van der Waals surface area (Å²) < 4.78 is 2.29. The lowest BCUT2D eigenvalue weighted by Gasteiger charge is -2.31. The predicted molar refractivity (Wildman–Crippen MR) is 103 cm³/mol. The van der Waals surface area contributed by atoms with Gasteiger partial charge in [-0.3, -0.25) is 0 Å². The second kappa shape index (κ2) is 8.12. The van der Waals surface area contributed by atoms with Crippen molar-refractivity contribution >= 4 is 5.95 Å². The van der Waals surface area contributed by atoms with Gasteiger partial charge in [0.25, 0.3) is 0 Å². The molecule has 3 rings (SSSR count). The van der Waals surface area contributed by atoms with Crippen LogP contribution in [0.15, 0.2) is 12.4 Å². The Kier molecular flexibility index (Phi) is 5.86. The molecule has 0 unspecified atom stereocenters. The minimum atomic E-state index is 0.463. The first-order chi connectivity index (χ1) is 12.5. The number of hydrogen-bond acceptors (Lipinski definition) is 6. The van der Waals surface area contributed by atoms with Gasteiger partial charge in [0, 0.05) is 37.9 Å². The smallest absolute Gasteiger partial charge is 0.225 e. The minimum Gasteiger partial charge on any atom is -0.341 e. The molecule has 2 aromatic rings. The lowest BCUT2D eigenvalue weighted by atomic mass is 9.96. The van der Waals surface area contributed by atoms with Gasteiger partial charge in [0.05, 0.1) is 6.54 Å². The van der Waals surface area contributed by atoms with E-state index in [4.69, 9.17) is 0 Å². The van der Waals surface area contributed by atoms with Gasteiger partial charge in [-0.1, -0.05) is 13.8 Å². The normalized spacial score (nSPS) is 16.0. The Labute approximate surface area is 156 Å². The van der Waals surface area contributed by atoms with Crippen LogP contribution in [-0.4, -0.2) is 56.8 Å². The first-order valence-electron chi connectivity index (χ1n) is 9.63. The van der Waals surface area contributed by atoms with Crippen LogP contribution < -0.4 is 4.90 Å². The van der Waals surface area contributed by atoms with Crippen molar-refractivity contribution in [2.45, 2.75) is 58.5 Å². The maximum Gasteiger partial charge on any atom is 0.225 e. The highest BCUT2D eigenvalue weighted by atomic mass is 15.3. The molecule has 7 nitrogen and oxygen atoms in total. The van der Waals surface area contributed by atoms with E-state index in [1.165, 1.54) is 5.56 Å². The first kappa shape index (κ1) is 18.8. The average molecular weight is 358 g/mol. The molecule has 0 spiro atoms. The van der Waals surface area contributed by atoms with E-state index in [1.54, 1.807) is 0 Å². The zero-order valence-corrected chi connectivity index (χ0v) is 16.7. The Morgan fingerprint density at radius 3 is 2.31 bits per heavy atom. The molecule has 0 saturated carbocycles. The maximum absolute atomic E-state index is 4.57. The summed E-state index contributed by atoms with van der Waals surface area (Å²) in [5, 5.41) is 8.97. The van der Waals surface area contributed by atoms with Gasteiger partial charge < -0.3 is 14.4 Å². The molecule has 142 valence electrons. The van der Waals surface area contributed by atoms with E-state index in [0.29, 0.717) is 11.8 Å². The third kappa shape index (κ3) is 4.03. The Bertz CT molecular complexity index is 697. The molecular weight excluding hydrogens is 326 g/mol. The third-order valence-corrected chi connectivity index (χ3v) is 5.10. The molecule has 0 aliphatic carbocycles. The maximum atomic E-state index is 4.57. The van der Waals surface area contributed by atoms with E-state index >= 15 is 0 Å². The summed E-state index contributed by atoms with van der Waals surface area (Å²) in [6.07, 6.45) is 6.05. The topological polar surface area (TPSA) is 63.0 Å². The molecule has 0 radical (unpaired) electrons. The molecule has 1 aliphatic heterocycles. The molecule has 0 amide bonds. The highest BCUT2D eigenvalue weighted by molar-refractivity contribution is 5.31. The zero-order chi connectivity index (χ0) is 18.7. The van der Waals surface area contributed by atoms with Gasteiger partial charge in [-0.25, -0.2) is 9.97 Å². The molecule has 0 atom stereocenters. The van der Waals surface area contributed by atoms with Gasteiger partial charge in [0.1, 0.15) is 11.6 Å². The summed E-state index contributed by atoms with van der Waals surface area (Å²) in [7, 11) is 4.13. The molecule has 7 heteroatoms. The minimum absolute atomic E-state index is 0.463. The van der Waals surface area contributed by atoms with Crippen LogP contribution in [0, 0.1) is 0 Å². The lowest BCUT2D eigenvalue weighted by molar-refractivity contribution is 0.377. The van der Waals surface area contributed by atoms with Crippen molar-refractivity contribution < 1.29 is 0 Å². The van der Waals surface area contributed by atoms with Crippen LogP contribution >= 0.6 is 0 Å². The summed E-state index contributed by atoms with van der Waals surface area (Å²) in [6, 6.07) is 0. The van der Waals surface area contributed by atoms with Gasteiger partial charge in [0.2, 0.25) is 5.95 Å². The number of nitrogens with zero attached hydrogens (tertiary/aromatic N) is 7. The van der Waals surface area contributed by atoms with Crippen molar-refractivity contribution in [3.05, 3.63) is 29.6 Å². The molecule has 1 aliphatic rings. The lowest BCUT2D eigenvalue weighted by Crippen LogP contribution is -2.35. The van der Waals surface area contributed by atoms with E-state index in [2.05, 4.69) is 69.4 Å². The van der Waals surface area contributed by atoms with Crippen LogP contribution in [0.5, 0.6) is 0 Å². The predicted octanol–water partition coefficient (Wildman–Crippen LogP) is 2.66. The van der Waals surface area contributed by atoms with Crippen molar-refractivity contribution in [3.8, 4) is 0 Å². The number of aromatic nitrogens is 5. The monoisotopic (exact) mass is 357 g/mol. The first-order valence-corrected chi connectivity index (χ1v) is 9.63. The fourth-order valence-corrected chi connectivity index (χ4v) is 3.53. The standard InChI is InChI=1S/C19H31N7/c1-6-26-17(13-24(4)5)22-23-18(26)15-7-9-25(10-8-15)19-20-11-16(12-21-19)14(2)3/h11-12,14-15H,6-10,13H2,1-5H3. The number of piperidine rings is 1. The van der Waals surface area contributed by atoms with Crippen LogP contribution in [0.3, 0.4) is 0 Å². The zero-order valence-electron chi connectivity index (χ0n) is 16.7. The van der Waals surface area contributed by atoms with Gasteiger partial charge >= 0.3 is 0 Å². The molecule has 0 N–H and O–H groups in total. The number of anilines is 1. The second-order valence-electron chi connectivity index (χ2n) is 7.69. The number of rotatable bonds is 6. The Morgan fingerprint density at radius 2 is 1.77 bits per heavy atom. The van der Waals surface area contributed by atoms with Gasteiger partial charge in [0.15, 0.2) is 0 Å². The Balaban J connectivity index is 1.66. The molecule has 26 heavy (non-hydrogen) atoms. The summed E-state index contributed by atoms with van der Waals surface area (Å²) in [6.45, 7) is 10.2. The highest BCUT2D eigenvalue weighted by Crippen LogP contribution is 2.29. The number of hydrogen-bond donors (Lipinski definition) is 0. The van der Waals surface area contributed by atoms with Crippen LogP contribution in [0.2, 0.25) is 0 Å². The fraction of sp³-hybridized carbons (Fsp3) is 0.684.